The fraction of sp³-hybridized carbons (Fsp3) is 0.261. The van der Waals surface area contributed by atoms with Crippen LogP contribution < -0.4 is 16.4 Å². The van der Waals surface area contributed by atoms with Gasteiger partial charge in [0.05, 0.1) is 9.79 Å². The fourth-order valence-corrected chi connectivity index (χ4v) is 5.33. The molecule has 10 heteroatoms. The van der Waals surface area contributed by atoms with Crippen LogP contribution in [0.1, 0.15) is 25.7 Å². The maximum atomic E-state index is 12.8. The molecule has 0 amide bonds. The lowest BCUT2D eigenvalue weighted by molar-refractivity contribution is 0.410. The average Bonchev–Trinajstić information content (AvgIpc) is 3.31. The maximum absolute atomic E-state index is 12.8. The Labute approximate surface area is 192 Å². The van der Waals surface area contributed by atoms with E-state index in [-0.39, 0.29) is 15.8 Å². The number of nitrogens with one attached hydrogen (secondary N) is 2. The number of rotatable bonds is 6. The molecule has 33 heavy (non-hydrogen) atoms. The summed E-state index contributed by atoms with van der Waals surface area (Å²) < 4.78 is 27.3. The first-order chi connectivity index (χ1) is 16.0. The van der Waals surface area contributed by atoms with Crippen molar-refractivity contribution in [1.82, 2.24) is 19.6 Å². The Balaban J connectivity index is 1.38. The van der Waals surface area contributed by atoms with Crippen molar-refractivity contribution in [3.05, 3.63) is 67.0 Å². The van der Waals surface area contributed by atoms with E-state index in [1.54, 1.807) is 59.1 Å². The van der Waals surface area contributed by atoms with E-state index in [0.29, 0.717) is 23.5 Å². The Hall–Kier alpha value is -3.50. The van der Waals surface area contributed by atoms with Crippen molar-refractivity contribution in [2.45, 2.75) is 47.6 Å². The number of benzene rings is 2. The summed E-state index contributed by atoms with van der Waals surface area (Å²) in [4.78, 5) is 9.29. The maximum Gasteiger partial charge on any atom is 0.256 e. The van der Waals surface area contributed by atoms with Crippen LogP contribution in [-0.4, -0.2) is 40.1 Å². The minimum absolute atomic E-state index is 0.234. The van der Waals surface area contributed by atoms with Gasteiger partial charge >= 0.3 is 0 Å². The third kappa shape index (κ3) is 4.53. The van der Waals surface area contributed by atoms with E-state index < -0.39 is 9.84 Å². The number of sulfone groups is 1. The van der Waals surface area contributed by atoms with E-state index in [2.05, 4.69) is 25.7 Å². The Morgan fingerprint density at radius 3 is 2.36 bits per heavy atom. The molecule has 170 valence electrons. The zero-order valence-electron chi connectivity index (χ0n) is 17.9. The van der Waals surface area contributed by atoms with Gasteiger partial charge in [0.15, 0.2) is 0 Å². The van der Waals surface area contributed by atoms with Crippen molar-refractivity contribution in [1.29, 1.82) is 0 Å². The lowest BCUT2D eigenvalue weighted by Crippen LogP contribution is -2.33. The zero-order valence-corrected chi connectivity index (χ0v) is 18.7. The Morgan fingerprint density at radius 1 is 0.939 bits per heavy atom. The van der Waals surface area contributed by atoms with Crippen molar-refractivity contribution in [2.75, 3.05) is 10.6 Å². The molecule has 2 aromatic carbocycles. The van der Waals surface area contributed by atoms with Gasteiger partial charge in [0, 0.05) is 23.8 Å². The largest absolute Gasteiger partial charge is 0.367 e. The second-order valence-electron chi connectivity index (χ2n) is 8.22. The van der Waals surface area contributed by atoms with Crippen LogP contribution in [0.25, 0.3) is 5.78 Å². The van der Waals surface area contributed by atoms with Gasteiger partial charge < -0.3 is 16.4 Å². The summed E-state index contributed by atoms with van der Waals surface area (Å²) in [6, 6.07) is 17.5. The molecular weight excluding hydrogens is 438 g/mol. The highest BCUT2D eigenvalue weighted by atomic mass is 32.2. The SMILES string of the molecule is N[C@H]1CC[C@H](Nc2cc(Nc3ccc(S(=O)(=O)c4ccccc4)cc3)n3ncnc3n2)CC1. The lowest BCUT2D eigenvalue weighted by Gasteiger charge is -2.27. The van der Waals surface area contributed by atoms with Crippen LogP contribution in [0.4, 0.5) is 17.3 Å². The molecule has 9 nitrogen and oxygen atoms in total. The molecule has 0 saturated heterocycles. The summed E-state index contributed by atoms with van der Waals surface area (Å²) in [6.45, 7) is 0. The van der Waals surface area contributed by atoms with Crippen LogP contribution in [0, 0.1) is 0 Å². The molecule has 2 heterocycles. The Kier molecular flexibility index (Phi) is 5.69. The number of fused-ring (bicyclic) bond motifs is 1. The summed E-state index contributed by atoms with van der Waals surface area (Å²) in [5.74, 6) is 1.85. The molecule has 1 aliphatic carbocycles. The number of hydrogen-bond acceptors (Lipinski definition) is 8. The molecule has 0 atom stereocenters. The first-order valence-corrected chi connectivity index (χ1v) is 12.4. The van der Waals surface area contributed by atoms with Gasteiger partial charge in [-0.05, 0) is 62.1 Å². The summed E-state index contributed by atoms with van der Waals surface area (Å²) in [5, 5.41) is 11.0. The van der Waals surface area contributed by atoms with Crippen LogP contribution >= 0.6 is 0 Å². The van der Waals surface area contributed by atoms with Crippen LogP contribution in [0.5, 0.6) is 0 Å². The fourth-order valence-electron chi connectivity index (χ4n) is 4.05. The molecule has 0 unspecified atom stereocenters. The van der Waals surface area contributed by atoms with E-state index in [9.17, 15) is 8.42 Å². The Bertz CT molecular complexity index is 1350. The highest BCUT2D eigenvalue weighted by molar-refractivity contribution is 7.91. The monoisotopic (exact) mass is 463 g/mol. The molecule has 1 saturated carbocycles. The Morgan fingerprint density at radius 2 is 1.64 bits per heavy atom. The number of nitrogens with two attached hydrogens (primary N) is 1. The van der Waals surface area contributed by atoms with Crippen LogP contribution in [-0.2, 0) is 9.84 Å². The van der Waals surface area contributed by atoms with Gasteiger partial charge in [0.2, 0.25) is 9.84 Å². The predicted octanol–water partition coefficient (Wildman–Crippen LogP) is 3.38. The average molecular weight is 464 g/mol. The van der Waals surface area contributed by atoms with E-state index in [4.69, 9.17) is 5.73 Å². The smallest absolute Gasteiger partial charge is 0.256 e. The van der Waals surface area contributed by atoms with Gasteiger partial charge in [-0.15, -0.1) is 0 Å². The van der Waals surface area contributed by atoms with E-state index in [1.165, 1.54) is 6.33 Å². The topological polar surface area (TPSA) is 127 Å². The van der Waals surface area contributed by atoms with E-state index in [0.717, 1.165) is 31.4 Å². The standard InChI is InChI=1S/C23H25N7O2S/c24-16-6-8-17(9-7-16)27-21-14-22(30-23(29-21)25-15-26-30)28-18-10-12-20(13-11-18)33(31,32)19-4-2-1-3-5-19/h1-5,10-17,28H,6-9,24H2,(H,25,26,27,29)/t16-,17-. The van der Waals surface area contributed by atoms with Crippen LogP contribution in [0.2, 0.25) is 0 Å². The van der Waals surface area contributed by atoms with E-state index >= 15 is 0 Å². The van der Waals surface area contributed by atoms with E-state index in [1.807, 2.05) is 6.07 Å². The molecule has 0 radical (unpaired) electrons. The van der Waals surface area contributed by atoms with Gasteiger partial charge in [-0.1, -0.05) is 18.2 Å². The molecule has 0 aliphatic heterocycles. The minimum Gasteiger partial charge on any atom is -0.367 e. The predicted molar refractivity (Wildman–Crippen MR) is 126 cm³/mol. The van der Waals surface area contributed by atoms with Gasteiger partial charge in [0.25, 0.3) is 5.78 Å². The highest BCUT2D eigenvalue weighted by Crippen LogP contribution is 2.26. The summed E-state index contributed by atoms with van der Waals surface area (Å²) in [6.07, 6.45) is 5.44. The van der Waals surface area contributed by atoms with Gasteiger partial charge in [0.1, 0.15) is 18.0 Å². The second-order valence-corrected chi connectivity index (χ2v) is 10.2. The minimum atomic E-state index is -3.57. The quantitative estimate of drug-likeness (QED) is 0.397. The summed E-state index contributed by atoms with van der Waals surface area (Å²) in [5.41, 5.74) is 6.74. The molecule has 0 bridgehead atoms. The third-order valence-corrected chi connectivity index (χ3v) is 7.65. The van der Waals surface area contributed by atoms with Crippen molar-refractivity contribution >= 4 is 32.9 Å². The molecule has 5 rings (SSSR count). The molecule has 2 aromatic heterocycles. The van der Waals surface area contributed by atoms with Gasteiger partial charge in [-0.3, -0.25) is 0 Å². The first-order valence-electron chi connectivity index (χ1n) is 10.9. The first kappa shape index (κ1) is 21.4. The highest BCUT2D eigenvalue weighted by Gasteiger charge is 2.20. The van der Waals surface area contributed by atoms with Crippen LogP contribution in [0.3, 0.4) is 0 Å². The van der Waals surface area contributed by atoms with Crippen molar-refractivity contribution in [3.8, 4) is 0 Å². The van der Waals surface area contributed by atoms with Crippen molar-refractivity contribution in [3.63, 3.8) is 0 Å². The summed E-state index contributed by atoms with van der Waals surface area (Å²) in [7, 11) is -3.57. The zero-order chi connectivity index (χ0) is 22.8. The molecule has 1 fully saturated rings. The molecule has 4 aromatic rings. The van der Waals surface area contributed by atoms with Crippen LogP contribution in [0.15, 0.2) is 76.8 Å². The molecule has 1 aliphatic rings. The summed E-state index contributed by atoms with van der Waals surface area (Å²) >= 11 is 0. The normalized spacial score (nSPS) is 18.8. The van der Waals surface area contributed by atoms with Gasteiger partial charge in [-0.25, -0.2) is 8.42 Å². The number of aromatic nitrogens is 4. The van der Waals surface area contributed by atoms with Gasteiger partial charge in [-0.2, -0.15) is 19.6 Å². The molecular formula is C23H25N7O2S. The third-order valence-electron chi connectivity index (χ3n) is 5.87. The van der Waals surface area contributed by atoms with Crippen molar-refractivity contribution in [2.24, 2.45) is 5.73 Å². The lowest BCUT2D eigenvalue weighted by atomic mass is 9.92. The number of anilines is 3. The molecule has 4 N–H and O–H groups in total. The second kappa shape index (κ2) is 8.80. The molecule has 0 spiro atoms. The number of hydrogen-bond donors (Lipinski definition) is 3. The number of nitrogens with zero attached hydrogens (tertiary/aromatic N) is 4. The van der Waals surface area contributed by atoms with Crippen molar-refractivity contribution < 1.29 is 8.42 Å².